The van der Waals surface area contributed by atoms with Crippen molar-refractivity contribution < 1.29 is 4.42 Å². The van der Waals surface area contributed by atoms with E-state index >= 15 is 0 Å². The van der Waals surface area contributed by atoms with Gasteiger partial charge in [-0.3, -0.25) is 0 Å². The molecule has 1 aromatic rings. The van der Waals surface area contributed by atoms with Crippen LogP contribution in [0.3, 0.4) is 0 Å². The zero-order chi connectivity index (χ0) is 10.0. The third kappa shape index (κ3) is 2.10. The Morgan fingerprint density at radius 1 is 1.31 bits per heavy atom. The van der Waals surface area contributed by atoms with Crippen LogP contribution < -0.4 is 5.73 Å². The third-order valence-corrected chi connectivity index (χ3v) is 2.19. The quantitative estimate of drug-likeness (QED) is 0.781. The molecule has 0 saturated heterocycles. The molecule has 1 heterocycles. The first-order valence-electron chi connectivity index (χ1n) is 4.73. The average molecular weight is 182 g/mol. The highest BCUT2D eigenvalue weighted by Gasteiger charge is 2.20. The molecule has 0 aromatic carbocycles. The first-order valence-corrected chi connectivity index (χ1v) is 4.73. The van der Waals surface area contributed by atoms with Crippen molar-refractivity contribution in [1.29, 1.82) is 0 Å². The Labute approximate surface area is 79.3 Å². The van der Waals surface area contributed by atoms with E-state index in [0.717, 1.165) is 11.5 Å². The maximum atomic E-state index is 5.99. The standard InChI is InChI=1S/C10H18N2O/c1-6(2)8(11)10-9(7(3)4)12-5-13-10/h5-8H,11H2,1-4H3/t8-/m0/s1. The van der Waals surface area contributed by atoms with Gasteiger partial charge in [0.2, 0.25) is 0 Å². The summed E-state index contributed by atoms with van der Waals surface area (Å²) in [7, 11) is 0. The number of nitrogens with zero attached hydrogens (tertiary/aromatic N) is 1. The Morgan fingerprint density at radius 3 is 2.38 bits per heavy atom. The maximum absolute atomic E-state index is 5.99. The van der Waals surface area contributed by atoms with Gasteiger partial charge in [0, 0.05) is 0 Å². The van der Waals surface area contributed by atoms with Crippen molar-refractivity contribution in [2.75, 3.05) is 0 Å². The van der Waals surface area contributed by atoms with Crippen molar-refractivity contribution >= 4 is 0 Å². The van der Waals surface area contributed by atoms with E-state index in [1.54, 1.807) is 0 Å². The van der Waals surface area contributed by atoms with Gasteiger partial charge in [-0.1, -0.05) is 27.7 Å². The van der Waals surface area contributed by atoms with Gasteiger partial charge in [0.1, 0.15) is 5.76 Å². The fourth-order valence-corrected chi connectivity index (χ4v) is 1.25. The Hall–Kier alpha value is -0.830. The number of hydrogen-bond donors (Lipinski definition) is 1. The monoisotopic (exact) mass is 182 g/mol. The van der Waals surface area contributed by atoms with Gasteiger partial charge < -0.3 is 10.2 Å². The van der Waals surface area contributed by atoms with E-state index in [4.69, 9.17) is 10.2 Å². The molecule has 0 bridgehead atoms. The molecule has 0 saturated carbocycles. The second kappa shape index (κ2) is 3.92. The molecule has 3 nitrogen and oxygen atoms in total. The Balaban J connectivity index is 2.93. The van der Waals surface area contributed by atoms with Gasteiger partial charge >= 0.3 is 0 Å². The van der Waals surface area contributed by atoms with Crippen molar-refractivity contribution in [2.45, 2.75) is 39.7 Å². The first kappa shape index (κ1) is 10.3. The van der Waals surface area contributed by atoms with Crippen LogP contribution in [0.25, 0.3) is 0 Å². The molecule has 1 atom stereocenters. The molecule has 74 valence electrons. The fourth-order valence-electron chi connectivity index (χ4n) is 1.25. The lowest BCUT2D eigenvalue weighted by Crippen LogP contribution is -2.17. The van der Waals surface area contributed by atoms with Crippen LogP contribution >= 0.6 is 0 Å². The summed E-state index contributed by atoms with van der Waals surface area (Å²) >= 11 is 0. The summed E-state index contributed by atoms with van der Waals surface area (Å²) in [5.41, 5.74) is 6.97. The van der Waals surface area contributed by atoms with Crippen LogP contribution in [0.1, 0.15) is 51.1 Å². The van der Waals surface area contributed by atoms with Gasteiger partial charge in [-0.15, -0.1) is 0 Å². The van der Waals surface area contributed by atoms with Crippen LogP contribution in [-0.2, 0) is 0 Å². The number of hydrogen-bond acceptors (Lipinski definition) is 3. The third-order valence-electron chi connectivity index (χ3n) is 2.19. The van der Waals surface area contributed by atoms with E-state index in [9.17, 15) is 0 Å². The van der Waals surface area contributed by atoms with Gasteiger partial charge in [-0.25, -0.2) is 4.98 Å². The van der Waals surface area contributed by atoms with Crippen LogP contribution in [0.5, 0.6) is 0 Å². The summed E-state index contributed by atoms with van der Waals surface area (Å²) in [6, 6.07) is -0.0418. The number of nitrogens with two attached hydrogens (primary N) is 1. The van der Waals surface area contributed by atoms with Crippen molar-refractivity contribution in [3.63, 3.8) is 0 Å². The van der Waals surface area contributed by atoms with E-state index in [1.807, 2.05) is 0 Å². The first-order chi connectivity index (χ1) is 6.04. The molecule has 13 heavy (non-hydrogen) atoms. The number of rotatable bonds is 3. The zero-order valence-corrected chi connectivity index (χ0v) is 8.74. The molecule has 0 fully saturated rings. The highest BCUT2D eigenvalue weighted by molar-refractivity contribution is 5.15. The molecule has 0 aliphatic rings. The topological polar surface area (TPSA) is 52.0 Å². The lowest BCUT2D eigenvalue weighted by Gasteiger charge is -2.14. The number of oxazole rings is 1. The highest BCUT2D eigenvalue weighted by atomic mass is 16.3. The largest absolute Gasteiger partial charge is 0.447 e. The van der Waals surface area contributed by atoms with Gasteiger partial charge in [0.25, 0.3) is 0 Å². The molecule has 0 unspecified atom stereocenters. The van der Waals surface area contributed by atoms with Crippen LogP contribution in [0.2, 0.25) is 0 Å². The average Bonchev–Trinajstić information content (AvgIpc) is 2.50. The van der Waals surface area contributed by atoms with Gasteiger partial charge in [0.15, 0.2) is 6.39 Å². The molecule has 2 N–H and O–H groups in total. The Bertz CT molecular complexity index is 266. The predicted molar refractivity (Wildman–Crippen MR) is 52.4 cm³/mol. The number of aromatic nitrogens is 1. The van der Waals surface area contributed by atoms with E-state index < -0.39 is 0 Å². The van der Waals surface area contributed by atoms with Gasteiger partial charge in [-0.2, -0.15) is 0 Å². The molecular weight excluding hydrogens is 164 g/mol. The molecule has 0 amide bonds. The van der Waals surface area contributed by atoms with Gasteiger partial charge in [0.05, 0.1) is 11.7 Å². The molecule has 0 radical (unpaired) electrons. The lowest BCUT2D eigenvalue weighted by molar-refractivity contribution is 0.396. The van der Waals surface area contributed by atoms with Gasteiger partial charge in [-0.05, 0) is 11.8 Å². The summed E-state index contributed by atoms with van der Waals surface area (Å²) in [4.78, 5) is 4.17. The lowest BCUT2D eigenvalue weighted by atomic mass is 9.98. The summed E-state index contributed by atoms with van der Waals surface area (Å²) in [6.45, 7) is 8.34. The summed E-state index contributed by atoms with van der Waals surface area (Å²) < 4.78 is 5.31. The van der Waals surface area contributed by atoms with Crippen LogP contribution in [-0.4, -0.2) is 4.98 Å². The van der Waals surface area contributed by atoms with Crippen molar-refractivity contribution in [2.24, 2.45) is 11.7 Å². The van der Waals surface area contributed by atoms with E-state index in [1.165, 1.54) is 6.39 Å². The predicted octanol–water partition coefficient (Wildman–Crippen LogP) is 2.45. The summed E-state index contributed by atoms with van der Waals surface area (Å²) in [5.74, 6) is 1.59. The molecule has 1 aromatic heterocycles. The Kier molecular flexibility index (Phi) is 3.09. The smallest absolute Gasteiger partial charge is 0.181 e. The highest BCUT2D eigenvalue weighted by Crippen LogP contribution is 2.26. The van der Waals surface area contributed by atoms with Crippen molar-refractivity contribution in [1.82, 2.24) is 4.98 Å². The minimum atomic E-state index is -0.0418. The minimum absolute atomic E-state index is 0.0418. The molecule has 0 aliphatic carbocycles. The van der Waals surface area contributed by atoms with Crippen molar-refractivity contribution in [3.8, 4) is 0 Å². The van der Waals surface area contributed by atoms with E-state index in [-0.39, 0.29) is 6.04 Å². The van der Waals surface area contributed by atoms with E-state index in [0.29, 0.717) is 11.8 Å². The molecule has 0 aliphatic heterocycles. The zero-order valence-electron chi connectivity index (χ0n) is 8.74. The fraction of sp³-hybridized carbons (Fsp3) is 0.700. The summed E-state index contributed by atoms with van der Waals surface area (Å²) in [5, 5.41) is 0. The second-order valence-corrected chi connectivity index (χ2v) is 4.03. The van der Waals surface area contributed by atoms with E-state index in [2.05, 4.69) is 32.7 Å². The van der Waals surface area contributed by atoms with Crippen LogP contribution in [0.15, 0.2) is 10.8 Å². The molecular formula is C10H18N2O. The molecule has 1 rings (SSSR count). The minimum Gasteiger partial charge on any atom is -0.447 e. The Morgan fingerprint density at radius 2 is 1.92 bits per heavy atom. The van der Waals surface area contributed by atoms with Crippen LogP contribution in [0.4, 0.5) is 0 Å². The second-order valence-electron chi connectivity index (χ2n) is 4.03. The normalized spacial score (nSPS) is 14.1. The maximum Gasteiger partial charge on any atom is 0.181 e. The van der Waals surface area contributed by atoms with Crippen LogP contribution in [0, 0.1) is 5.92 Å². The SMILES string of the molecule is CC(C)c1ncoc1[C@@H](N)C(C)C. The molecule has 3 heteroatoms. The van der Waals surface area contributed by atoms with Crippen molar-refractivity contribution in [3.05, 3.63) is 17.8 Å². The summed E-state index contributed by atoms with van der Waals surface area (Å²) in [6.07, 6.45) is 1.48. The molecule has 0 spiro atoms.